The van der Waals surface area contributed by atoms with Gasteiger partial charge in [-0.1, -0.05) is 6.07 Å². The minimum Gasteiger partial charge on any atom is -0.480 e. The van der Waals surface area contributed by atoms with Crippen molar-refractivity contribution in [3.63, 3.8) is 0 Å². The van der Waals surface area contributed by atoms with Gasteiger partial charge < -0.3 is 15.6 Å². The van der Waals surface area contributed by atoms with Crippen LogP contribution in [0.5, 0.6) is 0 Å². The fraction of sp³-hybridized carbons (Fsp3) is 0.300. The monoisotopic (exact) mass is 231 g/mol. The van der Waals surface area contributed by atoms with Crippen LogP contribution in [0.4, 0.5) is 8.78 Å². The van der Waals surface area contributed by atoms with E-state index in [1.54, 1.807) is 0 Å². The van der Waals surface area contributed by atoms with Gasteiger partial charge in [-0.15, -0.1) is 0 Å². The number of ether oxygens (including phenoxy) is 1. The number of carboxylic acids is 1. The third-order valence-corrected chi connectivity index (χ3v) is 1.88. The molecule has 1 atom stereocenters. The molecular formula is C10H11F2NO3. The highest BCUT2D eigenvalue weighted by molar-refractivity contribution is 5.67. The summed E-state index contributed by atoms with van der Waals surface area (Å²) in [4.78, 5) is 10.1. The van der Waals surface area contributed by atoms with E-state index in [9.17, 15) is 13.6 Å². The summed E-state index contributed by atoms with van der Waals surface area (Å²) in [5, 5.41) is 8.30. The average Bonchev–Trinajstić information content (AvgIpc) is 2.16. The van der Waals surface area contributed by atoms with Gasteiger partial charge in [0.15, 0.2) is 0 Å². The van der Waals surface area contributed by atoms with Gasteiger partial charge in [0.2, 0.25) is 0 Å². The molecule has 0 aromatic heterocycles. The van der Waals surface area contributed by atoms with Crippen LogP contribution in [0, 0.1) is 11.6 Å². The molecule has 0 spiro atoms. The molecular weight excluding hydrogens is 220 g/mol. The maximum absolute atomic E-state index is 13.2. The molecule has 3 N–H and O–H groups in total. The summed E-state index contributed by atoms with van der Waals surface area (Å²) >= 11 is 0. The minimum absolute atomic E-state index is 0.0896. The van der Waals surface area contributed by atoms with Gasteiger partial charge in [0, 0.05) is 11.6 Å². The summed E-state index contributed by atoms with van der Waals surface area (Å²) in [7, 11) is 0. The molecule has 1 aromatic carbocycles. The van der Waals surface area contributed by atoms with Crippen molar-refractivity contribution in [2.75, 3.05) is 13.2 Å². The highest BCUT2D eigenvalue weighted by Crippen LogP contribution is 2.16. The van der Waals surface area contributed by atoms with Crippen LogP contribution in [-0.4, -0.2) is 24.3 Å². The summed E-state index contributed by atoms with van der Waals surface area (Å²) in [5.74, 6) is -2.60. The zero-order valence-electron chi connectivity index (χ0n) is 8.32. The predicted octanol–water partition coefficient (Wildman–Crippen LogP) is 1.07. The highest BCUT2D eigenvalue weighted by atomic mass is 19.1. The lowest BCUT2D eigenvalue weighted by atomic mass is 10.1. The summed E-state index contributed by atoms with van der Waals surface area (Å²) in [6.07, 6.45) is 0. The Bertz CT molecular complexity index is 384. The Labute approximate surface area is 90.6 Å². The molecule has 1 unspecified atom stereocenters. The van der Waals surface area contributed by atoms with Crippen LogP contribution >= 0.6 is 0 Å². The van der Waals surface area contributed by atoms with E-state index in [1.165, 1.54) is 6.07 Å². The zero-order valence-corrected chi connectivity index (χ0v) is 8.32. The number of benzene rings is 1. The van der Waals surface area contributed by atoms with E-state index in [0.717, 1.165) is 6.07 Å². The molecule has 6 heteroatoms. The molecule has 0 aliphatic rings. The van der Waals surface area contributed by atoms with Crippen LogP contribution in [0.15, 0.2) is 18.2 Å². The molecule has 1 aromatic rings. The fourth-order valence-corrected chi connectivity index (χ4v) is 1.17. The van der Waals surface area contributed by atoms with Crippen LogP contribution in [0.3, 0.4) is 0 Å². The summed E-state index contributed by atoms with van der Waals surface area (Å²) in [6, 6.07) is 2.18. The second-order valence-corrected chi connectivity index (χ2v) is 3.18. The quantitative estimate of drug-likeness (QED) is 0.794. The second kappa shape index (κ2) is 5.53. The summed E-state index contributed by atoms with van der Waals surface area (Å²) < 4.78 is 30.5. The molecule has 0 saturated carbocycles. The second-order valence-electron chi connectivity index (χ2n) is 3.18. The number of halogens is 2. The van der Waals surface area contributed by atoms with E-state index in [0.29, 0.717) is 6.07 Å². The lowest BCUT2D eigenvalue weighted by Crippen LogP contribution is -2.20. The predicted molar refractivity (Wildman–Crippen MR) is 51.7 cm³/mol. The first-order valence-corrected chi connectivity index (χ1v) is 4.50. The Morgan fingerprint density at radius 3 is 2.75 bits per heavy atom. The SMILES string of the molecule is NC(COCC(=O)O)c1ccc(F)cc1F. The normalized spacial score (nSPS) is 12.4. The zero-order chi connectivity index (χ0) is 12.1. The van der Waals surface area contributed by atoms with Gasteiger partial charge in [0.25, 0.3) is 0 Å². The Hall–Kier alpha value is -1.53. The van der Waals surface area contributed by atoms with Crippen molar-refractivity contribution in [2.24, 2.45) is 5.73 Å². The Morgan fingerprint density at radius 1 is 1.50 bits per heavy atom. The van der Waals surface area contributed by atoms with Gasteiger partial charge in [0.05, 0.1) is 12.6 Å². The average molecular weight is 231 g/mol. The maximum Gasteiger partial charge on any atom is 0.329 e. The van der Waals surface area contributed by atoms with Crippen molar-refractivity contribution < 1.29 is 23.4 Å². The van der Waals surface area contributed by atoms with E-state index >= 15 is 0 Å². The molecule has 0 aliphatic heterocycles. The number of hydrogen-bond donors (Lipinski definition) is 2. The molecule has 4 nitrogen and oxygen atoms in total. The Balaban J connectivity index is 2.58. The molecule has 0 radical (unpaired) electrons. The van der Waals surface area contributed by atoms with Crippen molar-refractivity contribution in [3.8, 4) is 0 Å². The number of aliphatic carboxylic acids is 1. The number of carboxylic acid groups (broad SMARTS) is 1. The van der Waals surface area contributed by atoms with Crippen molar-refractivity contribution >= 4 is 5.97 Å². The lowest BCUT2D eigenvalue weighted by Gasteiger charge is -2.12. The molecule has 0 saturated heterocycles. The number of nitrogens with two attached hydrogens (primary N) is 1. The number of carbonyl (C=O) groups is 1. The van der Waals surface area contributed by atoms with Gasteiger partial charge in [-0.25, -0.2) is 13.6 Å². The van der Waals surface area contributed by atoms with Gasteiger partial charge in [-0.3, -0.25) is 0 Å². The highest BCUT2D eigenvalue weighted by Gasteiger charge is 2.12. The van der Waals surface area contributed by atoms with Crippen LogP contribution in [0.25, 0.3) is 0 Å². The standard InChI is InChI=1S/C10H11F2NO3/c11-6-1-2-7(8(12)3-6)9(13)4-16-5-10(14)15/h1-3,9H,4-5,13H2,(H,14,15). The largest absolute Gasteiger partial charge is 0.480 e. The lowest BCUT2D eigenvalue weighted by molar-refractivity contribution is -0.142. The third kappa shape index (κ3) is 3.56. The first kappa shape index (κ1) is 12.5. The van der Waals surface area contributed by atoms with Crippen LogP contribution in [-0.2, 0) is 9.53 Å². The van der Waals surface area contributed by atoms with Gasteiger partial charge in [-0.05, 0) is 6.07 Å². The molecule has 0 bridgehead atoms. The first-order chi connectivity index (χ1) is 7.50. The topological polar surface area (TPSA) is 72.5 Å². The van der Waals surface area contributed by atoms with Crippen molar-refractivity contribution in [2.45, 2.75) is 6.04 Å². The molecule has 88 valence electrons. The van der Waals surface area contributed by atoms with Gasteiger partial charge in [-0.2, -0.15) is 0 Å². The molecule has 0 amide bonds. The van der Waals surface area contributed by atoms with E-state index in [-0.39, 0.29) is 12.2 Å². The Kier molecular flexibility index (Phi) is 4.33. The molecule has 16 heavy (non-hydrogen) atoms. The minimum atomic E-state index is -1.13. The van der Waals surface area contributed by atoms with Crippen molar-refractivity contribution in [3.05, 3.63) is 35.4 Å². The maximum atomic E-state index is 13.2. The molecule has 0 heterocycles. The summed E-state index contributed by atoms with van der Waals surface area (Å²) in [6.45, 7) is -0.647. The fourth-order valence-electron chi connectivity index (χ4n) is 1.17. The smallest absolute Gasteiger partial charge is 0.329 e. The van der Waals surface area contributed by atoms with E-state index in [2.05, 4.69) is 0 Å². The number of rotatable bonds is 5. The number of hydrogen-bond acceptors (Lipinski definition) is 3. The van der Waals surface area contributed by atoms with Crippen LogP contribution in [0.2, 0.25) is 0 Å². The van der Waals surface area contributed by atoms with Crippen LogP contribution in [0.1, 0.15) is 11.6 Å². The van der Waals surface area contributed by atoms with Gasteiger partial charge in [0.1, 0.15) is 18.2 Å². The van der Waals surface area contributed by atoms with E-state index in [1.807, 2.05) is 0 Å². The van der Waals surface area contributed by atoms with E-state index in [4.69, 9.17) is 15.6 Å². The van der Waals surface area contributed by atoms with Crippen molar-refractivity contribution in [1.82, 2.24) is 0 Å². The molecule has 1 rings (SSSR count). The van der Waals surface area contributed by atoms with E-state index < -0.39 is 30.3 Å². The van der Waals surface area contributed by atoms with Crippen molar-refractivity contribution in [1.29, 1.82) is 0 Å². The summed E-state index contributed by atoms with van der Waals surface area (Å²) in [5.41, 5.74) is 5.64. The molecule has 0 fully saturated rings. The molecule has 0 aliphatic carbocycles. The third-order valence-electron chi connectivity index (χ3n) is 1.88. The van der Waals surface area contributed by atoms with Gasteiger partial charge >= 0.3 is 5.97 Å². The Morgan fingerprint density at radius 2 is 2.19 bits per heavy atom. The first-order valence-electron chi connectivity index (χ1n) is 4.50. The van der Waals surface area contributed by atoms with Crippen LogP contribution < -0.4 is 5.73 Å².